The van der Waals surface area contributed by atoms with Crippen LogP contribution in [0.5, 0.6) is 0 Å². The van der Waals surface area contributed by atoms with Gasteiger partial charge in [0.25, 0.3) is 0 Å². The second kappa shape index (κ2) is 4.28. The van der Waals surface area contributed by atoms with Gasteiger partial charge in [0.2, 0.25) is 0 Å². The third-order valence-electron chi connectivity index (χ3n) is 2.86. The summed E-state index contributed by atoms with van der Waals surface area (Å²) < 4.78 is 1.24. The lowest BCUT2D eigenvalue weighted by Gasteiger charge is -2.04. The number of nitrogens with zero attached hydrogens (tertiary/aromatic N) is 1. The van der Waals surface area contributed by atoms with E-state index in [9.17, 15) is 0 Å². The van der Waals surface area contributed by atoms with Gasteiger partial charge in [0, 0.05) is 12.1 Å². The molecule has 2 nitrogen and oxygen atoms in total. The number of fused-ring (bicyclic) bond motifs is 1. The van der Waals surface area contributed by atoms with Gasteiger partial charge in [-0.2, -0.15) is 0 Å². The summed E-state index contributed by atoms with van der Waals surface area (Å²) >= 11 is 1.68. The minimum Gasteiger partial charge on any atom is -0.326 e. The van der Waals surface area contributed by atoms with Crippen molar-refractivity contribution in [3.8, 4) is 11.1 Å². The van der Waals surface area contributed by atoms with E-state index in [2.05, 4.69) is 35.3 Å². The normalized spacial score (nSPS) is 10.9. The number of hydrogen-bond acceptors (Lipinski definition) is 3. The van der Waals surface area contributed by atoms with Crippen LogP contribution in [-0.4, -0.2) is 4.98 Å². The zero-order valence-corrected chi connectivity index (χ0v) is 10.1. The van der Waals surface area contributed by atoms with Gasteiger partial charge in [-0.15, -0.1) is 11.3 Å². The number of nitrogens with two attached hydrogens (primary N) is 1. The molecule has 0 radical (unpaired) electrons. The van der Waals surface area contributed by atoms with Crippen LogP contribution in [0.4, 0.5) is 0 Å². The van der Waals surface area contributed by atoms with Crippen LogP contribution in [0, 0.1) is 0 Å². The standard InChI is InChI=1S/C14H12N2S/c15-8-10-4-6-11(7-5-10)12-2-1-3-13-14(12)17-9-16-13/h1-7,9H,8,15H2. The van der Waals surface area contributed by atoms with Crippen LogP contribution in [-0.2, 0) is 6.54 Å². The molecule has 2 N–H and O–H groups in total. The molecule has 0 spiro atoms. The number of thiazole rings is 1. The van der Waals surface area contributed by atoms with Crippen LogP contribution >= 0.6 is 11.3 Å². The van der Waals surface area contributed by atoms with Crippen LogP contribution in [0.2, 0.25) is 0 Å². The van der Waals surface area contributed by atoms with E-state index in [0.717, 1.165) is 11.1 Å². The third kappa shape index (κ3) is 1.84. The molecule has 0 atom stereocenters. The number of aromatic nitrogens is 1. The molecular formula is C14H12N2S. The van der Waals surface area contributed by atoms with Crippen molar-refractivity contribution >= 4 is 21.6 Å². The first-order valence-corrected chi connectivity index (χ1v) is 6.38. The topological polar surface area (TPSA) is 38.9 Å². The Hall–Kier alpha value is -1.71. The molecule has 0 saturated heterocycles. The monoisotopic (exact) mass is 240 g/mol. The second-order valence-corrected chi connectivity index (χ2v) is 4.76. The molecule has 1 heterocycles. The molecule has 84 valence electrons. The van der Waals surface area contributed by atoms with Gasteiger partial charge < -0.3 is 5.73 Å². The summed E-state index contributed by atoms with van der Waals surface area (Å²) in [5.74, 6) is 0. The highest BCUT2D eigenvalue weighted by Gasteiger charge is 2.05. The van der Waals surface area contributed by atoms with Crippen molar-refractivity contribution in [2.75, 3.05) is 0 Å². The number of rotatable bonds is 2. The molecule has 1 aromatic heterocycles. The van der Waals surface area contributed by atoms with Crippen LogP contribution in [0.15, 0.2) is 48.0 Å². The first-order valence-electron chi connectivity index (χ1n) is 5.50. The molecular weight excluding hydrogens is 228 g/mol. The van der Waals surface area contributed by atoms with Crippen LogP contribution < -0.4 is 5.73 Å². The van der Waals surface area contributed by atoms with Gasteiger partial charge in [0.05, 0.1) is 15.7 Å². The molecule has 3 aromatic rings. The maximum absolute atomic E-state index is 5.60. The summed E-state index contributed by atoms with van der Waals surface area (Å²) in [4.78, 5) is 4.34. The van der Waals surface area contributed by atoms with Gasteiger partial charge in [-0.1, -0.05) is 36.4 Å². The molecule has 0 fully saturated rings. The summed E-state index contributed by atoms with van der Waals surface area (Å²) in [6.07, 6.45) is 0. The molecule has 0 saturated carbocycles. The largest absolute Gasteiger partial charge is 0.326 e. The van der Waals surface area contributed by atoms with Gasteiger partial charge in [0.1, 0.15) is 0 Å². The Morgan fingerprint density at radius 2 is 1.88 bits per heavy atom. The molecule has 0 aliphatic rings. The lowest BCUT2D eigenvalue weighted by molar-refractivity contribution is 1.07. The van der Waals surface area contributed by atoms with Crippen LogP contribution in [0.3, 0.4) is 0 Å². The number of hydrogen-bond donors (Lipinski definition) is 1. The van der Waals surface area contributed by atoms with Crippen molar-refractivity contribution in [2.24, 2.45) is 5.73 Å². The fourth-order valence-corrected chi connectivity index (χ4v) is 2.76. The SMILES string of the molecule is NCc1ccc(-c2cccc3ncsc23)cc1. The van der Waals surface area contributed by atoms with E-state index in [-0.39, 0.29) is 0 Å². The summed E-state index contributed by atoms with van der Waals surface area (Å²) in [7, 11) is 0. The lowest BCUT2D eigenvalue weighted by atomic mass is 10.0. The summed E-state index contributed by atoms with van der Waals surface area (Å²) in [6, 6.07) is 14.6. The highest BCUT2D eigenvalue weighted by atomic mass is 32.1. The Balaban J connectivity index is 2.16. The molecule has 0 bridgehead atoms. The fourth-order valence-electron chi connectivity index (χ4n) is 1.93. The highest BCUT2D eigenvalue weighted by molar-refractivity contribution is 7.17. The zero-order chi connectivity index (χ0) is 11.7. The molecule has 0 aliphatic carbocycles. The van der Waals surface area contributed by atoms with Gasteiger partial charge >= 0.3 is 0 Å². The van der Waals surface area contributed by atoms with Crippen molar-refractivity contribution in [2.45, 2.75) is 6.54 Å². The lowest BCUT2D eigenvalue weighted by Crippen LogP contribution is -1.95. The summed E-state index contributed by atoms with van der Waals surface area (Å²) in [5, 5.41) is 0. The van der Waals surface area contributed by atoms with E-state index in [1.165, 1.54) is 15.8 Å². The average molecular weight is 240 g/mol. The van der Waals surface area contributed by atoms with Crippen molar-refractivity contribution < 1.29 is 0 Å². The Bertz CT molecular complexity index is 641. The second-order valence-electron chi connectivity index (χ2n) is 3.91. The van der Waals surface area contributed by atoms with Crippen LogP contribution in [0.25, 0.3) is 21.3 Å². The summed E-state index contributed by atoms with van der Waals surface area (Å²) in [5.41, 5.74) is 12.2. The smallest absolute Gasteiger partial charge is 0.0818 e. The van der Waals surface area contributed by atoms with Crippen molar-refractivity contribution in [3.05, 3.63) is 53.5 Å². The Morgan fingerprint density at radius 3 is 2.65 bits per heavy atom. The third-order valence-corrected chi connectivity index (χ3v) is 3.73. The van der Waals surface area contributed by atoms with E-state index in [0.29, 0.717) is 6.54 Å². The van der Waals surface area contributed by atoms with Gasteiger partial charge in [-0.3, -0.25) is 0 Å². The summed E-state index contributed by atoms with van der Waals surface area (Å²) in [6.45, 7) is 0.588. The van der Waals surface area contributed by atoms with E-state index < -0.39 is 0 Å². The molecule has 17 heavy (non-hydrogen) atoms. The molecule has 2 aromatic carbocycles. The van der Waals surface area contributed by atoms with E-state index in [1.807, 2.05) is 17.6 Å². The fraction of sp³-hybridized carbons (Fsp3) is 0.0714. The molecule has 0 unspecified atom stereocenters. The van der Waals surface area contributed by atoms with E-state index >= 15 is 0 Å². The van der Waals surface area contributed by atoms with Gasteiger partial charge in [-0.25, -0.2) is 4.98 Å². The predicted molar refractivity (Wildman–Crippen MR) is 72.9 cm³/mol. The minimum absolute atomic E-state index is 0.588. The maximum atomic E-state index is 5.60. The Morgan fingerprint density at radius 1 is 1.06 bits per heavy atom. The predicted octanol–water partition coefficient (Wildman–Crippen LogP) is 3.42. The minimum atomic E-state index is 0.588. The van der Waals surface area contributed by atoms with Crippen LogP contribution in [0.1, 0.15) is 5.56 Å². The van der Waals surface area contributed by atoms with E-state index in [1.54, 1.807) is 11.3 Å². The molecule has 0 amide bonds. The molecule has 3 heteroatoms. The van der Waals surface area contributed by atoms with Gasteiger partial charge in [0.15, 0.2) is 0 Å². The zero-order valence-electron chi connectivity index (χ0n) is 9.26. The number of benzene rings is 2. The van der Waals surface area contributed by atoms with Crippen molar-refractivity contribution in [1.82, 2.24) is 4.98 Å². The van der Waals surface area contributed by atoms with Crippen molar-refractivity contribution in [3.63, 3.8) is 0 Å². The highest BCUT2D eigenvalue weighted by Crippen LogP contribution is 2.30. The molecule has 3 rings (SSSR count). The Kier molecular flexibility index (Phi) is 2.63. The first kappa shape index (κ1) is 10.4. The molecule has 0 aliphatic heterocycles. The average Bonchev–Trinajstić information content (AvgIpc) is 2.87. The maximum Gasteiger partial charge on any atom is 0.0818 e. The quantitative estimate of drug-likeness (QED) is 0.745. The first-order chi connectivity index (χ1) is 8.38. The van der Waals surface area contributed by atoms with E-state index in [4.69, 9.17) is 5.73 Å². The Labute approximate surface area is 104 Å². The van der Waals surface area contributed by atoms with Gasteiger partial charge in [-0.05, 0) is 17.2 Å². The van der Waals surface area contributed by atoms with Crippen molar-refractivity contribution in [1.29, 1.82) is 0 Å².